The highest BCUT2D eigenvalue weighted by molar-refractivity contribution is 7.08. The summed E-state index contributed by atoms with van der Waals surface area (Å²) in [4.78, 5) is 22.3. The van der Waals surface area contributed by atoms with Gasteiger partial charge in [-0.05, 0) is 41.6 Å². The molecule has 1 aromatic carbocycles. The number of imidazole rings is 1. The minimum Gasteiger partial charge on any atom is -0.347 e. The Kier molecular flexibility index (Phi) is 5.12. The lowest BCUT2D eigenvalue weighted by molar-refractivity contribution is 0.311. The minimum atomic E-state index is 0.451. The number of hydrogen-bond acceptors (Lipinski definition) is 8. The van der Waals surface area contributed by atoms with Gasteiger partial charge >= 0.3 is 0 Å². The summed E-state index contributed by atoms with van der Waals surface area (Å²) in [6.45, 7) is 4.18. The number of para-hydroxylation sites is 1. The van der Waals surface area contributed by atoms with Crippen LogP contribution in [0.2, 0.25) is 5.02 Å². The van der Waals surface area contributed by atoms with E-state index in [1.54, 1.807) is 15.9 Å². The van der Waals surface area contributed by atoms with E-state index >= 15 is 0 Å². The molecule has 0 amide bonds. The maximum atomic E-state index is 6.29. The molecule has 0 radical (unpaired) electrons. The van der Waals surface area contributed by atoms with Crippen molar-refractivity contribution in [3.8, 4) is 11.1 Å². The Bertz CT molecular complexity index is 1420. The Labute approximate surface area is 199 Å². The Balaban J connectivity index is 1.38. The van der Waals surface area contributed by atoms with Crippen LogP contribution in [0, 0.1) is 0 Å². The molecule has 0 atom stereocenters. The van der Waals surface area contributed by atoms with Gasteiger partial charge in [-0.1, -0.05) is 17.7 Å². The lowest BCUT2D eigenvalue weighted by Gasteiger charge is -2.32. The van der Waals surface area contributed by atoms with Crippen molar-refractivity contribution in [1.29, 1.82) is 0 Å². The van der Waals surface area contributed by atoms with Crippen molar-refractivity contribution < 1.29 is 0 Å². The number of rotatable bonds is 5. The van der Waals surface area contributed by atoms with Crippen molar-refractivity contribution in [3.05, 3.63) is 52.1 Å². The van der Waals surface area contributed by atoms with Crippen molar-refractivity contribution in [2.45, 2.75) is 6.54 Å². The number of likely N-dealkylation sites (N-methyl/N-ethyl adjacent to an activating group) is 1. The van der Waals surface area contributed by atoms with E-state index in [0.29, 0.717) is 23.5 Å². The van der Waals surface area contributed by atoms with Crippen LogP contribution >= 0.6 is 22.9 Å². The third-order valence-corrected chi connectivity index (χ3v) is 6.89. The first kappa shape index (κ1) is 20.4. The van der Waals surface area contributed by atoms with Crippen molar-refractivity contribution in [2.75, 3.05) is 43.4 Å². The molecule has 0 unspecified atom stereocenters. The maximum absolute atomic E-state index is 6.29. The van der Waals surface area contributed by atoms with Gasteiger partial charge in [-0.2, -0.15) is 30.9 Å². The van der Waals surface area contributed by atoms with Crippen LogP contribution in [0.1, 0.15) is 5.82 Å². The third kappa shape index (κ3) is 3.79. The Hall–Kier alpha value is -3.21. The second-order valence-corrected chi connectivity index (χ2v) is 9.30. The largest absolute Gasteiger partial charge is 0.347 e. The predicted octanol–water partition coefficient (Wildman–Crippen LogP) is 3.75. The summed E-state index contributed by atoms with van der Waals surface area (Å²) >= 11 is 7.95. The zero-order valence-corrected chi connectivity index (χ0v) is 19.6. The summed E-state index contributed by atoms with van der Waals surface area (Å²) in [6, 6.07) is 7.80. The van der Waals surface area contributed by atoms with E-state index in [1.807, 2.05) is 24.4 Å². The van der Waals surface area contributed by atoms with Gasteiger partial charge in [0.1, 0.15) is 11.3 Å². The normalized spacial score (nSPS) is 15.0. The van der Waals surface area contributed by atoms with Gasteiger partial charge in [0.25, 0.3) is 0 Å². The van der Waals surface area contributed by atoms with E-state index in [2.05, 4.69) is 54.1 Å². The molecule has 6 rings (SSSR count). The van der Waals surface area contributed by atoms with E-state index in [1.165, 1.54) is 0 Å². The minimum absolute atomic E-state index is 0.451. The highest BCUT2D eigenvalue weighted by Crippen LogP contribution is 2.28. The van der Waals surface area contributed by atoms with Crippen LogP contribution in [0.15, 0.2) is 41.2 Å². The van der Waals surface area contributed by atoms with Gasteiger partial charge in [0.2, 0.25) is 11.9 Å². The average molecular weight is 480 g/mol. The number of H-pyrrole nitrogens is 1. The number of piperazine rings is 1. The molecule has 1 aliphatic rings. The van der Waals surface area contributed by atoms with Crippen LogP contribution in [0.25, 0.3) is 27.8 Å². The molecule has 5 aromatic rings. The summed E-state index contributed by atoms with van der Waals surface area (Å²) < 4.78 is 1.77. The molecule has 0 aliphatic carbocycles. The Morgan fingerprint density at radius 2 is 2.00 bits per heavy atom. The lowest BCUT2D eigenvalue weighted by Crippen LogP contribution is -2.45. The fraction of sp³-hybridized carbons (Fsp3) is 0.273. The number of aromatic nitrogens is 6. The number of aromatic amines is 1. The highest BCUT2D eigenvalue weighted by atomic mass is 35.5. The zero-order valence-electron chi connectivity index (χ0n) is 18.0. The number of nitrogens with one attached hydrogen (secondary N) is 2. The molecule has 1 aliphatic heterocycles. The maximum Gasteiger partial charge on any atom is 0.230 e. The smallest absolute Gasteiger partial charge is 0.230 e. The first-order chi connectivity index (χ1) is 16.2. The SMILES string of the molecule is CN1CCN(c2nc(NCc3nc4c(Cl)cccc4[nH]3)n3ncc(-c4ccsc4)c3n2)CC1. The molecule has 11 heteroatoms. The first-order valence-corrected chi connectivity index (χ1v) is 12.1. The fourth-order valence-corrected chi connectivity index (χ4v) is 4.92. The summed E-state index contributed by atoms with van der Waals surface area (Å²) in [6.07, 6.45) is 1.85. The molecule has 2 N–H and O–H groups in total. The van der Waals surface area contributed by atoms with Crippen LogP contribution in [0.4, 0.5) is 11.9 Å². The molecular weight excluding hydrogens is 458 g/mol. The molecule has 4 aromatic heterocycles. The second kappa shape index (κ2) is 8.29. The van der Waals surface area contributed by atoms with Crippen LogP contribution < -0.4 is 10.2 Å². The number of nitrogens with zero attached hydrogens (tertiary/aromatic N) is 7. The highest BCUT2D eigenvalue weighted by Gasteiger charge is 2.21. The Morgan fingerprint density at radius 3 is 2.79 bits per heavy atom. The number of halogens is 1. The van der Waals surface area contributed by atoms with E-state index in [4.69, 9.17) is 21.6 Å². The first-order valence-electron chi connectivity index (χ1n) is 10.7. The molecule has 1 fully saturated rings. The standard InChI is InChI=1S/C22H22ClN9S/c1-30-6-8-31(9-7-30)22-28-20-15(14-5-10-33-13-14)11-25-32(20)21(29-22)24-12-18-26-17-4-2-3-16(23)19(17)27-18/h2-5,10-11,13H,6-9,12H2,1H3,(H,26,27)(H,24,28,29). The van der Waals surface area contributed by atoms with Crippen LogP contribution in [0.3, 0.4) is 0 Å². The van der Waals surface area contributed by atoms with Crippen LogP contribution in [0.5, 0.6) is 0 Å². The number of hydrogen-bond donors (Lipinski definition) is 2. The number of fused-ring (bicyclic) bond motifs is 2. The molecule has 5 heterocycles. The van der Waals surface area contributed by atoms with Gasteiger partial charge in [0, 0.05) is 31.7 Å². The lowest BCUT2D eigenvalue weighted by atomic mass is 10.2. The molecule has 0 bridgehead atoms. The molecular formula is C22H22ClN9S. The Morgan fingerprint density at radius 1 is 1.12 bits per heavy atom. The molecule has 0 saturated carbocycles. The number of anilines is 2. The molecule has 1 saturated heterocycles. The summed E-state index contributed by atoms with van der Waals surface area (Å²) in [7, 11) is 2.14. The van der Waals surface area contributed by atoms with Crippen LogP contribution in [-0.2, 0) is 6.54 Å². The van der Waals surface area contributed by atoms with E-state index in [9.17, 15) is 0 Å². The monoisotopic (exact) mass is 479 g/mol. The van der Waals surface area contributed by atoms with Gasteiger partial charge in [0.15, 0.2) is 5.65 Å². The molecule has 168 valence electrons. The molecule has 0 spiro atoms. The molecule has 9 nitrogen and oxygen atoms in total. The third-order valence-electron chi connectivity index (χ3n) is 5.90. The van der Waals surface area contributed by atoms with Crippen LogP contribution in [-0.4, -0.2) is 67.7 Å². The predicted molar refractivity (Wildman–Crippen MR) is 132 cm³/mol. The fourth-order valence-electron chi connectivity index (χ4n) is 4.04. The summed E-state index contributed by atoms with van der Waals surface area (Å²) in [5.74, 6) is 2.11. The van der Waals surface area contributed by atoms with Gasteiger partial charge in [-0.15, -0.1) is 0 Å². The second-order valence-electron chi connectivity index (χ2n) is 8.12. The average Bonchev–Trinajstić information content (AvgIpc) is 3.57. The van der Waals surface area contributed by atoms with E-state index < -0.39 is 0 Å². The topological polar surface area (TPSA) is 90.3 Å². The van der Waals surface area contributed by atoms with E-state index in [0.717, 1.165) is 59.8 Å². The number of thiophene rings is 1. The zero-order chi connectivity index (χ0) is 22.4. The van der Waals surface area contributed by atoms with Crippen molar-refractivity contribution in [2.24, 2.45) is 0 Å². The molecule has 33 heavy (non-hydrogen) atoms. The van der Waals surface area contributed by atoms with Gasteiger partial charge < -0.3 is 20.1 Å². The van der Waals surface area contributed by atoms with E-state index in [-0.39, 0.29) is 0 Å². The van der Waals surface area contributed by atoms with Crippen molar-refractivity contribution in [3.63, 3.8) is 0 Å². The van der Waals surface area contributed by atoms with Gasteiger partial charge in [-0.3, -0.25) is 0 Å². The summed E-state index contributed by atoms with van der Waals surface area (Å²) in [5.41, 5.74) is 4.56. The van der Waals surface area contributed by atoms with Gasteiger partial charge in [-0.25, -0.2) is 4.98 Å². The number of benzene rings is 1. The quantitative estimate of drug-likeness (QED) is 0.396. The summed E-state index contributed by atoms with van der Waals surface area (Å²) in [5, 5.41) is 12.8. The van der Waals surface area contributed by atoms with Crippen molar-refractivity contribution >= 4 is 51.5 Å². The van der Waals surface area contributed by atoms with Gasteiger partial charge in [0.05, 0.1) is 23.3 Å². The van der Waals surface area contributed by atoms with Crippen molar-refractivity contribution in [1.82, 2.24) is 34.4 Å².